The van der Waals surface area contributed by atoms with Gasteiger partial charge in [-0.3, -0.25) is 4.79 Å². The predicted molar refractivity (Wildman–Crippen MR) is 263 cm³/mol. The minimum Gasteiger partial charge on any atom is -0.394 e. The van der Waals surface area contributed by atoms with Crippen LogP contribution in [-0.4, -0.2) is 140 Å². The summed E-state index contributed by atoms with van der Waals surface area (Å²) in [6.45, 7) is 2.59. The number of carbonyl (C=O) groups excluding carboxylic acids is 1. The van der Waals surface area contributed by atoms with Crippen LogP contribution in [0.2, 0.25) is 0 Å². The molecule has 12 unspecified atom stereocenters. The number of aliphatic hydroxyl groups excluding tert-OH is 8. The lowest BCUT2D eigenvalue weighted by atomic mass is 9.97. The minimum absolute atomic E-state index is 0.257. The Hall–Kier alpha value is -2.57. The molecule has 2 aliphatic heterocycles. The van der Waals surface area contributed by atoms with E-state index in [9.17, 15) is 45.6 Å². The van der Waals surface area contributed by atoms with Gasteiger partial charge in [0.1, 0.15) is 48.8 Å². The fraction of sp³-hybridized carbons (Fsp3) is 0.755. The highest BCUT2D eigenvalue weighted by Gasteiger charge is 2.51. The van der Waals surface area contributed by atoms with Gasteiger partial charge in [0.2, 0.25) is 5.91 Å². The SMILES string of the molecule is CC/C=C/CC/C=C/CC/C=C/C(O)C(COC1OC(CO)C(OC2OC(CO)C(O)C(O)C2O)C(O)C1O)NC(=O)CCCCCCCCCC/C=C\C/C=C\C/C=C\CCCCCCC. The molecule has 0 aromatic heterocycles. The lowest BCUT2D eigenvalue weighted by Crippen LogP contribution is -2.65. The van der Waals surface area contributed by atoms with Crippen molar-refractivity contribution in [2.45, 2.75) is 235 Å². The highest BCUT2D eigenvalue weighted by atomic mass is 16.7. The third-order valence-corrected chi connectivity index (χ3v) is 12.1. The first-order chi connectivity index (χ1) is 32.6. The molecular formula is C53H91NO13. The molecule has 9 N–H and O–H groups in total. The summed E-state index contributed by atoms with van der Waals surface area (Å²) < 4.78 is 22.6. The molecule has 2 aliphatic rings. The van der Waals surface area contributed by atoms with Gasteiger partial charge >= 0.3 is 0 Å². The van der Waals surface area contributed by atoms with Crippen LogP contribution in [-0.2, 0) is 23.7 Å². The van der Waals surface area contributed by atoms with E-state index in [-0.39, 0.29) is 18.9 Å². The van der Waals surface area contributed by atoms with Crippen molar-refractivity contribution in [3.8, 4) is 0 Å². The fourth-order valence-electron chi connectivity index (χ4n) is 7.92. The van der Waals surface area contributed by atoms with Crippen molar-refractivity contribution in [2.75, 3.05) is 19.8 Å². The van der Waals surface area contributed by atoms with Crippen LogP contribution < -0.4 is 5.32 Å². The minimum atomic E-state index is -1.79. The summed E-state index contributed by atoms with van der Waals surface area (Å²) in [6.07, 6.45) is 32.5. The Kier molecular flexibility index (Phi) is 35.4. The molecule has 2 rings (SSSR count). The van der Waals surface area contributed by atoms with E-state index in [0.29, 0.717) is 12.8 Å². The van der Waals surface area contributed by atoms with Gasteiger partial charge in [0, 0.05) is 6.42 Å². The summed E-state index contributed by atoms with van der Waals surface area (Å²) in [7, 11) is 0. The van der Waals surface area contributed by atoms with Gasteiger partial charge in [-0.25, -0.2) is 0 Å². The van der Waals surface area contributed by atoms with E-state index in [1.165, 1.54) is 57.8 Å². The van der Waals surface area contributed by atoms with Crippen molar-refractivity contribution in [1.82, 2.24) is 5.32 Å². The Morgan fingerprint density at radius 3 is 1.63 bits per heavy atom. The summed E-state index contributed by atoms with van der Waals surface area (Å²) in [6, 6.07) is -0.943. The fourth-order valence-corrected chi connectivity index (χ4v) is 7.92. The van der Waals surface area contributed by atoms with Gasteiger partial charge in [-0.15, -0.1) is 0 Å². The summed E-state index contributed by atoms with van der Waals surface area (Å²) >= 11 is 0. The van der Waals surface area contributed by atoms with Crippen LogP contribution in [0.15, 0.2) is 72.9 Å². The first-order valence-electron chi connectivity index (χ1n) is 25.7. The van der Waals surface area contributed by atoms with Crippen LogP contribution in [0.1, 0.15) is 162 Å². The maximum atomic E-state index is 13.2. The van der Waals surface area contributed by atoms with Gasteiger partial charge in [0.15, 0.2) is 12.6 Å². The quantitative estimate of drug-likeness (QED) is 0.0229. The average Bonchev–Trinajstić information content (AvgIpc) is 3.32. The molecule has 0 aliphatic carbocycles. The van der Waals surface area contributed by atoms with E-state index in [1.54, 1.807) is 6.08 Å². The van der Waals surface area contributed by atoms with Crippen molar-refractivity contribution in [3.05, 3.63) is 72.9 Å². The largest absolute Gasteiger partial charge is 0.394 e. The van der Waals surface area contributed by atoms with E-state index >= 15 is 0 Å². The smallest absolute Gasteiger partial charge is 0.220 e. The second-order valence-corrected chi connectivity index (χ2v) is 17.9. The van der Waals surface area contributed by atoms with Crippen LogP contribution in [0, 0.1) is 0 Å². The van der Waals surface area contributed by atoms with Gasteiger partial charge in [-0.1, -0.05) is 151 Å². The molecule has 0 aromatic carbocycles. The Bertz CT molecular complexity index is 1400. The topological polar surface area (TPSA) is 228 Å². The van der Waals surface area contributed by atoms with E-state index in [4.69, 9.17) is 18.9 Å². The van der Waals surface area contributed by atoms with Crippen LogP contribution in [0.25, 0.3) is 0 Å². The molecule has 0 aromatic rings. The maximum absolute atomic E-state index is 13.2. The lowest BCUT2D eigenvalue weighted by molar-refractivity contribution is -0.359. The van der Waals surface area contributed by atoms with Crippen molar-refractivity contribution in [3.63, 3.8) is 0 Å². The van der Waals surface area contributed by atoms with Gasteiger partial charge in [0.25, 0.3) is 0 Å². The van der Waals surface area contributed by atoms with Gasteiger partial charge in [0.05, 0.1) is 32.0 Å². The summed E-state index contributed by atoms with van der Waals surface area (Å²) in [5.41, 5.74) is 0. The van der Waals surface area contributed by atoms with Crippen LogP contribution in [0.5, 0.6) is 0 Å². The first-order valence-corrected chi connectivity index (χ1v) is 25.7. The van der Waals surface area contributed by atoms with E-state index < -0.39 is 86.8 Å². The zero-order valence-electron chi connectivity index (χ0n) is 40.9. The van der Waals surface area contributed by atoms with Crippen molar-refractivity contribution < 1.29 is 64.6 Å². The molecule has 14 heteroatoms. The van der Waals surface area contributed by atoms with Crippen molar-refractivity contribution in [1.29, 1.82) is 0 Å². The van der Waals surface area contributed by atoms with Gasteiger partial charge in [-0.2, -0.15) is 0 Å². The Morgan fingerprint density at radius 1 is 0.552 bits per heavy atom. The van der Waals surface area contributed by atoms with Crippen molar-refractivity contribution in [2.24, 2.45) is 0 Å². The summed E-state index contributed by atoms with van der Waals surface area (Å²) in [5.74, 6) is -0.267. The molecule has 2 saturated heterocycles. The Balaban J connectivity index is 1.79. The second kappa shape index (κ2) is 39.2. The Labute approximate surface area is 402 Å². The van der Waals surface area contributed by atoms with Crippen molar-refractivity contribution >= 4 is 5.91 Å². The monoisotopic (exact) mass is 950 g/mol. The third kappa shape index (κ3) is 26.3. The molecule has 0 radical (unpaired) electrons. The second-order valence-electron chi connectivity index (χ2n) is 17.9. The van der Waals surface area contributed by atoms with Gasteiger partial charge in [-0.05, 0) is 77.0 Å². The van der Waals surface area contributed by atoms with E-state index in [1.807, 2.05) is 6.08 Å². The van der Waals surface area contributed by atoms with Crippen LogP contribution >= 0.6 is 0 Å². The molecule has 0 spiro atoms. The number of hydrogen-bond acceptors (Lipinski definition) is 13. The molecule has 0 bridgehead atoms. The van der Waals surface area contributed by atoms with Gasteiger partial charge < -0.3 is 65.1 Å². The zero-order chi connectivity index (χ0) is 48.9. The average molecular weight is 950 g/mol. The van der Waals surface area contributed by atoms with E-state index in [0.717, 1.165) is 70.6 Å². The molecule has 2 heterocycles. The number of carbonyl (C=O) groups is 1. The van der Waals surface area contributed by atoms with Crippen LogP contribution in [0.4, 0.5) is 0 Å². The standard InChI is InChI=1S/C53H91NO13/c1-3-5-7-9-11-13-15-16-17-18-19-20-21-22-23-24-25-26-27-29-31-33-35-37-45(58)54-41(42(57)36-34-32-30-28-14-12-10-8-6-4-2)40-64-52-50(63)48(61)51(44(39-56)66-52)67-53-49(62)47(60)46(59)43(38-55)65-53/h6,8,14-16,18-19,21-22,28,34,36,41-44,46-53,55-57,59-63H,3-5,7,9-13,17,20,23-27,29-33,35,37-40H2,1-2H3,(H,54,58)/b8-6+,16-15-,19-18-,22-21-,28-14+,36-34+. The molecule has 386 valence electrons. The number of hydrogen-bond donors (Lipinski definition) is 9. The molecule has 14 nitrogen and oxygen atoms in total. The first kappa shape index (κ1) is 60.6. The lowest BCUT2D eigenvalue weighted by Gasteiger charge is -2.46. The highest BCUT2D eigenvalue weighted by molar-refractivity contribution is 5.76. The number of unbranched alkanes of at least 4 members (excludes halogenated alkanes) is 15. The zero-order valence-corrected chi connectivity index (χ0v) is 40.9. The number of allylic oxidation sites excluding steroid dienone is 11. The molecule has 1 amide bonds. The molecule has 2 fully saturated rings. The number of ether oxygens (including phenoxy) is 4. The Morgan fingerprint density at radius 2 is 1.04 bits per heavy atom. The summed E-state index contributed by atoms with van der Waals surface area (Å²) in [4.78, 5) is 13.2. The predicted octanol–water partition coefficient (Wildman–Crippen LogP) is 6.82. The summed E-state index contributed by atoms with van der Waals surface area (Å²) in [5, 5.41) is 86.5. The molecule has 67 heavy (non-hydrogen) atoms. The number of amides is 1. The highest BCUT2D eigenvalue weighted by Crippen LogP contribution is 2.30. The molecule has 0 saturated carbocycles. The van der Waals surface area contributed by atoms with E-state index in [2.05, 4.69) is 79.9 Å². The number of aliphatic hydroxyl groups is 8. The number of nitrogens with one attached hydrogen (secondary N) is 1. The molecular weight excluding hydrogens is 859 g/mol. The normalized spacial score (nSPS) is 27.2. The van der Waals surface area contributed by atoms with Crippen LogP contribution in [0.3, 0.4) is 0 Å². The third-order valence-electron chi connectivity index (χ3n) is 12.1. The molecule has 12 atom stereocenters. The number of rotatable bonds is 38. The maximum Gasteiger partial charge on any atom is 0.220 e.